The molecule has 2 N–H and O–H groups in total. The van der Waals surface area contributed by atoms with Crippen LogP contribution in [0.5, 0.6) is 0 Å². The van der Waals surface area contributed by atoms with Gasteiger partial charge in [-0.25, -0.2) is 0 Å². The van der Waals surface area contributed by atoms with Gasteiger partial charge < -0.3 is 10.6 Å². The molecule has 0 saturated heterocycles. The van der Waals surface area contributed by atoms with Gasteiger partial charge in [-0.3, -0.25) is 0 Å². The Kier molecular flexibility index (Phi) is 6.25. The van der Waals surface area contributed by atoms with Gasteiger partial charge in [0.05, 0.1) is 0 Å². The van der Waals surface area contributed by atoms with Crippen LogP contribution in [-0.2, 0) is 0 Å². The van der Waals surface area contributed by atoms with E-state index in [1.54, 1.807) is 0 Å². The van der Waals surface area contributed by atoms with Crippen molar-refractivity contribution in [1.29, 1.82) is 0 Å². The molecule has 0 bridgehead atoms. The lowest BCUT2D eigenvalue weighted by molar-refractivity contribution is 0.613. The van der Waals surface area contributed by atoms with Gasteiger partial charge in [-0.15, -0.1) is 0 Å². The molecule has 1 aliphatic carbocycles. The highest BCUT2D eigenvalue weighted by Crippen LogP contribution is 2.27. The minimum Gasteiger partial charge on any atom is -0.363 e. The molecule has 0 spiro atoms. The zero-order valence-electron chi connectivity index (χ0n) is 14.1. The normalized spacial score (nSPS) is 14.7. The van der Waals surface area contributed by atoms with E-state index in [-0.39, 0.29) is 0 Å². The summed E-state index contributed by atoms with van der Waals surface area (Å²) in [6.07, 6.45) is 6.17. The Balaban J connectivity index is 1.57. The first-order chi connectivity index (χ1) is 11.8. The highest BCUT2D eigenvalue weighted by Gasteiger charge is 2.16. The molecule has 0 unspecified atom stereocenters. The van der Waals surface area contributed by atoms with Gasteiger partial charge in [0.1, 0.15) is 0 Å². The summed E-state index contributed by atoms with van der Waals surface area (Å²) in [6.45, 7) is 0.882. The third kappa shape index (κ3) is 4.81. The van der Waals surface area contributed by atoms with Gasteiger partial charge >= 0.3 is 0 Å². The molecule has 0 amide bonds. The molecule has 2 aromatic rings. The first-order valence-electron chi connectivity index (χ1n) is 8.97. The van der Waals surface area contributed by atoms with Gasteiger partial charge in [-0.05, 0) is 42.6 Å². The maximum Gasteiger partial charge on any atom is 0.166 e. The zero-order valence-corrected chi connectivity index (χ0v) is 14.9. The lowest BCUT2D eigenvalue weighted by Crippen LogP contribution is -2.41. The quantitative estimate of drug-likeness (QED) is 0.752. The van der Waals surface area contributed by atoms with Gasteiger partial charge in [-0.2, -0.15) is 0 Å². The second-order valence-corrected chi connectivity index (χ2v) is 6.95. The molecule has 1 aliphatic rings. The molecule has 1 fully saturated rings. The molecule has 2 aromatic carbocycles. The number of thiocarbonyl (C=S) groups is 1. The average molecular weight is 339 g/mol. The van der Waals surface area contributed by atoms with Crippen molar-refractivity contribution in [2.45, 2.75) is 44.1 Å². The summed E-state index contributed by atoms with van der Waals surface area (Å²) < 4.78 is 0. The molecule has 24 heavy (non-hydrogen) atoms. The molecule has 0 atom stereocenters. The fourth-order valence-electron chi connectivity index (χ4n) is 3.53. The van der Waals surface area contributed by atoms with E-state index in [0.717, 1.165) is 18.1 Å². The monoisotopic (exact) mass is 338 g/mol. The molecule has 1 saturated carbocycles. The number of benzene rings is 2. The summed E-state index contributed by atoms with van der Waals surface area (Å²) in [5.74, 6) is 0.397. The molecular formula is C21H26N2S. The van der Waals surface area contributed by atoms with Crippen LogP contribution < -0.4 is 10.6 Å². The van der Waals surface area contributed by atoms with E-state index >= 15 is 0 Å². The molecule has 0 aliphatic heterocycles. The van der Waals surface area contributed by atoms with Crippen molar-refractivity contribution in [2.24, 2.45) is 0 Å². The Morgan fingerprint density at radius 3 is 2.00 bits per heavy atom. The lowest BCUT2D eigenvalue weighted by atomic mass is 9.88. The molecule has 0 radical (unpaired) electrons. The van der Waals surface area contributed by atoms with Gasteiger partial charge in [0.15, 0.2) is 5.11 Å². The van der Waals surface area contributed by atoms with Crippen molar-refractivity contribution in [2.75, 3.05) is 6.54 Å². The standard InChI is InChI=1S/C21H26N2S/c24-21(23-19-13-7-8-14-19)22-16-15-20(17-9-3-1-4-10-17)18-11-5-2-6-12-18/h1-6,9-12,19-20H,7-8,13-16H2,(H2,22,23,24). The van der Waals surface area contributed by atoms with Crippen LogP contribution in [0.25, 0.3) is 0 Å². The van der Waals surface area contributed by atoms with E-state index in [1.807, 2.05) is 0 Å². The van der Waals surface area contributed by atoms with E-state index in [9.17, 15) is 0 Å². The third-order valence-electron chi connectivity index (χ3n) is 4.81. The van der Waals surface area contributed by atoms with Crippen molar-refractivity contribution in [3.63, 3.8) is 0 Å². The summed E-state index contributed by atoms with van der Waals surface area (Å²) in [5, 5.41) is 7.66. The summed E-state index contributed by atoms with van der Waals surface area (Å²) in [7, 11) is 0. The van der Waals surface area contributed by atoms with E-state index < -0.39 is 0 Å². The summed E-state index contributed by atoms with van der Waals surface area (Å²) >= 11 is 5.45. The van der Waals surface area contributed by atoms with Crippen molar-refractivity contribution in [3.8, 4) is 0 Å². The van der Waals surface area contributed by atoms with E-state index in [4.69, 9.17) is 12.2 Å². The van der Waals surface area contributed by atoms with E-state index in [2.05, 4.69) is 71.3 Å². The molecule has 3 rings (SSSR count). The second kappa shape index (κ2) is 8.84. The Morgan fingerprint density at radius 2 is 1.46 bits per heavy atom. The van der Waals surface area contributed by atoms with Crippen molar-refractivity contribution < 1.29 is 0 Å². The molecule has 0 aromatic heterocycles. The molecule has 3 heteroatoms. The van der Waals surface area contributed by atoms with Crippen LogP contribution in [0.4, 0.5) is 0 Å². The third-order valence-corrected chi connectivity index (χ3v) is 5.08. The van der Waals surface area contributed by atoms with Crippen molar-refractivity contribution >= 4 is 17.3 Å². The van der Waals surface area contributed by atoms with E-state index in [1.165, 1.54) is 36.8 Å². The Hall–Kier alpha value is -1.87. The van der Waals surface area contributed by atoms with Gasteiger partial charge in [0.2, 0.25) is 0 Å². The van der Waals surface area contributed by atoms with Crippen LogP contribution in [-0.4, -0.2) is 17.7 Å². The van der Waals surface area contributed by atoms with Crippen molar-refractivity contribution in [1.82, 2.24) is 10.6 Å². The molecular weight excluding hydrogens is 312 g/mol. The molecule has 0 heterocycles. The van der Waals surface area contributed by atoms with E-state index in [0.29, 0.717) is 12.0 Å². The predicted molar refractivity (Wildman–Crippen MR) is 105 cm³/mol. The van der Waals surface area contributed by atoms with Crippen LogP contribution in [0.3, 0.4) is 0 Å². The zero-order chi connectivity index (χ0) is 16.6. The van der Waals surface area contributed by atoms with Crippen LogP contribution in [0, 0.1) is 0 Å². The maximum absolute atomic E-state index is 5.45. The highest BCUT2D eigenvalue weighted by molar-refractivity contribution is 7.80. The highest BCUT2D eigenvalue weighted by atomic mass is 32.1. The fourth-order valence-corrected chi connectivity index (χ4v) is 3.80. The number of hydrogen-bond acceptors (Lipinski definition) is 1. The van der Waals surface area contributed by atoms with Gasteiger partial charge in [-0.1, -0.05) is 73.5 Å². The average Bonchev–Trinajstić information content (AvgIpc) is 3.13. The predicted octanol–water partition coefficient (Wildman–Crippen LogP) is 4.62. The Morgan fingerprint density at radius 1 is 0.917 bits per heavy atom. The largest absolute Gasteiger partial charge is 0.363 e. The summed E-state index contributed by atoms with van der Waals surface area (Å²) in [5.41, 5.74) is 2.72. The number of rotatable bonds is 6. The Labute approximate surface area is 150 Å². The first kappa shape index (κ1) is 17.0. The van der Waals surface area contributed by atoms with Gasteiger partial charge in [0, 0.05) is 18.5 Å². The SMILES string of the molecule is S=C(NCCC(c1ccccc1)c1ccccc1)NC1CCCC1. The maximum atomic E-state index is 5.45. The van der Waals surface area contributed by atoms with Crippen LogP contribution in [0.2, 0.25) is 0 Å². The first-order valence-corrected chi connectivity index (χ1v) is 9.38. The Bertz CT molecular complexity index is 581. The van der Waals surface area contributed by atoms with Crippen LogP contribution >= 0.6 is 12.2 Å². The number of hydrogen-bond donors (Lipinski definition) is 2. The van der Waals surface area contributed by atoms with Crippen LogP contribution in [0.15, 0.2) is 60.7 Å². The van der Waals surface area contributed by atoms with Gasteiger partial charge in [0.25, 0.3) is 0 Å². The molecule has 126 valence electrons. The molecule has 2 nitrogen and oxygen atoms in total. The minimum absolute atomic E-state index is 0.397. The number of nitrogens with one attached hydrogen (secondary N) is 2. The lowest BCUT2D eigenvalue weighted by Gasteiger charge is -2.20. The van der Waals surface area contributed by atoms with Crippen molar-refractivity contribution in [3.05, 3.63) is 71.8 Å². The topological polar surface area (TPSA) is 24.1 Å². The minimum atomic E-state index is 0.397. The second-order valence-electron chi connectivity index (χ2n) is 6.54. The van der Waals surface area contributed by atoms with Crippen LogP contribution in [0.1, 0.15) is 49.1 Å². The summed E-state index contributed by atoms with van der Waals surface area (Å²) in [4.78, 5) is 0. The summed E-state index contributed by atoms with van der Waals surface area (Å²) in [6, 6.07) is 22.0. The smallest absolute Gasteiger partial charge is 0.166 e. The fraction of sp³-hybridized carbons (Fsp3) is 0.381.